The van der Waals surface area contributed by atoms with Gasteiger partial charge in [-0.1, -0.05) is 24.0 Å². The van der Waals surface area contributed by atoms with Crippen LogP contribution in [0.5, 0.6) is 0 Å². The molecule has 0 fully saturated rings. The molecule has 3 rings (SSSR count). The Morgan fingerprint density at radius 3 is 2.81 bits per heavy atom. The summed E-state index contributed by atoms with van der Waals surface area (Å²) in [6, 6.07) is 3.13. The molecule has 0 bridgehead atoms. The maximum Gasteiger partial charge on any atom is 0.220 e. The van der Waals surface area contributed by atoms with Gasteiger partial charge in [0.2, 0.25) is 5.95 Å². The van der Waals surface area contributed by atoms with Gasteiger partial charge in [0, 0.05) is 17.3 Å². The molecule has 0 aliphatic heterocycles. The summed E-state index contributed by atoms with van der Waals surface area (Å²) in [5.41, 5.74) is 8.76. The van der Waals surface area contributed by atoms with Crippen molar-refractivity contribution < 1.29 is 4.39 Å². The molecule has 1 aliphatic rings. The van der Waals surface area contributed by atoms with E-state index in [0.29, 0.717) is 16.5 Å². The summed E-state index contributed by atoms with van der Waals surface area (Å²) in [7, 11) is 0. The fraction of sp³-hybridized carbons (Fsp3) is 0.176. The lowest BCUT2D eigenvalue weighted by Crippen LogP contribution is -1.96. The first-order valence-corrected chi connectivity index (χ1v) is 6.74. The monoisotopic (exact) mass is 279 g/mol. The maximum atomic E-state index is 14.0. The maximum absolute atomic E-state index is 14.0. The quantitative estimate of drug-likeness (QED) is 0.752. The number of hydrogen-bond acceptors (Lipinski definition) is 3. The summed E-state index contributed by atoms with van der Waals surface area (Å²) in [6.45, 7) is 2.04. The minimum Gasteiger partial charge on any atom is -0.368 e. The lowest BCUT2D eigenvalue weighted by atomic mass is 9.99. The minimum absolute atomic E-state index is 0.126. The highest BCUT2D eigenvalue weighted by Crippen LogP contribution is 2.19. The molecular weight excluding hydrogens is 265 g/mol. The highest BCUT2D eigenvalue weighted by molar-refractivity contribution is 5.81. The lowest BCUT2D eigenvalue weighted by molar-refractivity contribution is 0.639. The average molecular weight is 279 g/mol. The van der Waals surface area contributed by atoms with Gasteiger partial charge in [-0.05, 0) is 37.5 Å². The van der Waals surface area contributed by atoms with Crippen LogP contribution >= 0.6 is 0 Å². The van der Waals surface area contributed by atoms with E-state index in [9.17, 15) is 4.39 Å². The van der Waals surface area contributed by atoms with Crippen molar-refractivity contribution in [1.82, 2.24) is 9.97 Å². The van der Waals surface area contributed by atoms with Gasteiger partial charge in [-0.3, -0.25) is 0 Å². The van der Waals surface area contributed by atoms with E-state index >= 15 is 0 Å². The first-order chi connectivity index (χ1) is 10.1. The number of nitrogen functional groups attached to an aromatic ring is 1. The Kier molecular flexibility index (Phi) is 3.41. The first-order valence-electron chi connectivity index (χ1n) is 6.74. The molecule has 1 aromatic carbocycles. The number of allylic oxidation sites excluding steroid dienone is 4. The van der Waals surface area contributed by atoms with Gasteiger partial charge >= 0.3 is 0 Å². The van der Waals surface area contributed by atoms with Crippen LogP contribution in [0.1, 0.15) is 25.3 Å². The summed E-state index contributed by atoms with van der Waals surface area (Å²) < 4.78 is 14.0. The van der Waals surface area contributed by atoms with E-state index in [-0.39, 0.29) is 11.8 Å². The van der Waals surface area contributed by atoms with Crippen LogP contribution in [-0.4, -0.2) is 9.97 Å². The number of hydrogen-bond donors (Lipinski definition) is 1. The van der Waals surface area contributed by atoms with Crippen molar-refractivity contribution in [2.45, 2.75) is 19.8 Å². The summed E-state index contributed by atoms with van der Waals surface area (Å²) >= 11 is 0. The molecule has 3 nitrogen and oxygen atoms in total. The zero-order valence-corrected chi connectivity index (χ0v) is 11.7. The van der Waals surface area contributed by atoms with Gasteiger partial charge < -0.3 is 5.73 Å². The van der Waals surface area contributed by atoms with Crippen LogP contribution in [0.25, 0.3) is 10.9 Å². The molecule has 1 aliphatic carbocycles. The molecule has 0 spiro atoms. The van der Waals surface area contributed by atoms with Crippen molar-refractivity contribution in [3.8, 4) is 11.8 Å². The molecule has 1 aromatic heterocycles. The molecular formula is C17H14FN3. The normalized spacial score (nSPS) is 14.2. The molecule has 21 heavy (non-hydrogen) atoms. The van der Waals surface area contributed by atoms with Gasteiger partial charge in [-0.25, -0.2) is 14.4 Å². The molecule has 0 atom stereocenters. The van der Waals surface area contributed by atoms with E-state index in [2.05, 4.69) is 34.0 Å². The smallest absolute Gasteiger partial charge is 0.220 e. The average Bonchev–Trinajstić information content (AvgIpc) is 2.46. The number of fused-ring (bicyclic) bond motifs is 1. The largest absolute Gasteiger partial charge is 0.368 e. The summed E-state index contributed by atoms with van der Waals surface area (Å²) in [5, 5.41) is 0.350. The van der Waals surface area contributed by atoms with Gasteiger partial charge in [0.1, 0.15) is 5.82 Å². The molecule has 0 radical (unpaired) electrons. The molecule has 104 valence electrons. The van der Waals surface area contributed by atoms with Gasteiger partial charge in [-0.15, -0.1) is 0 Å². The molecule has 1 heterocycles. The third kappa shape index (κ3) is 2.77. The number of nitrogens with two attached hydrogens (primary N) is 1. The fourth-order valence-electron chi connectivity index (χ4n) is 2.27. The van der Waals surface area contributed by atoms with Crippen LogP contribution in [0.15, 0.2) is 41.6 Å². The van der Waals surface area contributed by atoms with Crippen molar-refractivity contribution in [1.29, 1.82) is 0 Å². The second-order valence-electron chi connectivity index (χ2n) is 4.95. The van der Waals surface area contributed by atoms with Crippen molar-refractivity contribution in [3.05, 3.63) is 53.0 Å². The standard InChI is InChI=1S/C17H14FN3/c1-11-4-2-3-5-13(11)7-6-12-8-15(18)14-10-20-17(19)21-16(14)9-12/h4-5,8-10H,2-3H2,1H3,(H2,19,20,21). The van der Waals surface area contributed by atoms with Gasteiger partial charge in [0.15, 0.2) is 0 Å². The second kappa shape index (κ2) is 5.37. The van der Waals surface area contributed by atoms with Crippen LogP contribution < -0.4 is 5.73 Å². The van der Waals surface area contributed by atoms with Crippen molar-refractivity contribution in [2.24, 2.45) is 0 Å². The van der Waals surface area contributed by atoms with E-state index in [1.807, 2.05) is 6.92 Å². The number of aromatic nitrogens is 2. The van der Waals surface area contributed by atoms with E-state index in [0.717, 1.165) is 18.4 Å². The lowest BCUT2D eigenvalue weighted by Gasteiger charge is -2.06. The molecule has 4 heteroatoms. The van der Waals surface area contributed by atoms with E-state index in [1.165, 1.54) is 17.8 Å². The Balaban J connectivity index is 2.02. The van der Waals surface area contributed by atoms with Crippen LogP contribution in [0.2, 0.25) is 0 Å². The van der Waals surface area contributed by atoms with Gasteiger partial charge in [0.25, 0.3) is 0 Å². The molecule has 0 saturated heterocycles. The van der Waals surface area contributed by atoms with Crippen molar-refractivity contribution >= 4 is 16.9 Å². The fourth-order valence-corrected chi connectivity index (χ4v) is 2.27. The molecule has 0 unspecified atom stereocenters. The number of benzene rings is 1. The third-order valence-corrected chi connectivity index (χ3v) is 3.40. The topological polar surface area (TPSA) is 51.8 Å². The van der Waals surface area contributed by atoms with Gasteiger partial charge in [-0.2, -0.15) is 0 Å². The third-order valence-electron chi connectivity index (χ3n) is 3.40. The van der Waals surface area contributed by atoms with Crippen LogP contribution in [-0.2, 0) is 0 Å². The Labute approximate surface area is 122 Å². The number of rotatable bonds is 0. The van der Waals surface area contributed by atoms with Crippen LogP contribution in [0.4, 0.5) is 10.3 Å². The van der Waals surface area contributed by atoms with Crippen molar-refractivity contribution in [2.75, 3.05) is 5.73 Å². The van der Waals surface area contributed by atoms with Crippen LogP contribution in [0.3, 0.4) is 0 Å². The first kappa shape index (κ1) is 13.3. The second-order valence-corrected chi connectivity index (χ2v) is 4.95. The highest BCUT2D eigenvalue weighted by atomic mass is 19.1. The zero-order chi connectivity index (χ0) is 14.8. The minimum atomic E-state index is -0.387. The summed E-state index contributed by atoms with van der Waals surface area (Å²) in [6.07, 6.45) is 7.72. The Hall–Kier alpha value is -2.67. The number of anilines is 1. The van der Waals surface area contributed by atoms with E-state index in [1.54, 1.807) is 6.07 Å². The number of halogens is 1. The molecule has 2 aromatic rings. The summed E-state index contributed by atoms with van der Waals surface area (Å²) in [4.78, 5) is 7.84. The summed E-state index contributed by atoms with van der Waals surface area (Å²) in [5.74, 6) is 5.83. The predicted octanol–water partition coefficient (Wildman–Crippen LogP) is 3.37. The molecule has 0 saturated carbocycles. The Morgan fingerprint density at radius 1 is 1.19 bits per heavy atom. The Morgan fingerprint density at radius 2 is 2.00 bits per heavy atom. The highest BCUT2D eigenvalue weighted by Gasteiger charge is 2.06. The van der Waals surface area contributed by atoms with E-state index in [4.69, 9.17) is 5.73 Å². The van der Waals surface area contributed by atoms with E-state index < -0.39 is 0 Å². The number of nitrogens with zero attached hydrogens (tertiary/aromatic N) is 2. The van der Waals surface area contributed by atoms with Gasteiger partial charge in [0.05, 0.1) is 10.9 Å². The molecule has 0 amide bonds. The Bertz CT molecular complexity index is 838. The van der Waals surface area contributed by atoms with Crippen molar-refractivity contribution in [3.63, 3.8) is 0 Å². The SMILES string of the molecule is CC1=CCCC=C1C#Cc1cc(F)c2cnc(N)nc2c1. The predicted molar refractivity (Wildman–Crippen MR) is 81.9 cm³/mol. The van der Waals surface area contributed by atoms with Crippen LogP contribution in [0, 0.1) is 17.7 Å². The molecule has 2 N–H and O–H groups in total. The zero-order valence-electron chi connectivity index (χ0n) is 11.7.